The molecule has 4 aliphatic carbocycles. The van der Waals surface area contributed by atoms with Gasteiger partial charge in [-0.1, -0.05) is 25.0 Å². The molecule has 45 heavy (non-hydrogen) atoms. The molecule has 0 saturated heterocycles. The number of carbonyl (C=O) groups is 4. The van der Waals surface area contributed by atoms with Crippen LogP contribution in [0.25, 0.3) is 0 Å². The first-order valence-electron chi connectivity index (χ1n) is 15.2. The summed E-state index contributed by atoms with van der Waals surface area (Å²) in [5, 5.41) is 52.8. The average molecular weight is 643 g/mol. The zero-order valence-corrected chi connectivity index (χ0v) is 25.4. The number of alkyl halides is 1. The van der Waals surface area contributed by atoms with E-state index in [2.05, 4.69) is 10.2 Å². The molecule has 0 bridgehead atoms. The molecule has 0 aromatic heterocycles. The number of fused-ring (bicyclic) bond motifs is 5. The number of carbonyl (C=O) groups excluding carboxylic acids is 4. The molecule has 0 radical (unpaired) electrons. The minimum absolute atomic E-state index is 0.0647. The molecule has 14 nitrogen and oxygen atoms in total. The van der Waals surface area contributed by atoms with Gasteiger partial charge in [-0.25, -0.2) is 9.18 Å². The standard InChI is InChI=1S/C30H43FN2O12/c1-27-10-9-19(34)13-18(27)7-8-20-21-14-22(35)30(40,28(21,2)15-23(36)29(20,27)31)24(37)17-44-25(38)16-32-26(39)43-11-5-3-4-6-12-45-33(41)42/h9-10,13,20-23,35-36,40-42H,3-8,11-12,14-17H2,1-2H3,(H,32,39)/t20-,21-,22+,23-,27-,28-,29-,30-/m0/s1. The molecule has 0 aliphatic heterocycles. The molecule has 0 unspecified atom stereocenters. The van der Waals surface area contributed by atoms with Crippen molar-refractivity contribution in [1.82, 2.24) is 10.7 Å². The summed E-state index contributed by atoms with van der Waals surface area (Å²) >= 11 is 0. The third-order valence-corrected chi connectivity index (χ3v) is 10.5. The van der Waals surface area contributed by atoms with Crippen molar-refractivity contribution in [1.29, 1.82) is 0 Å². The quantitative estimate of drug-likeness (QED) is 0.0956. The summed E-state index contributed by atoms with van der Waals surface area (Å²) in [5.74, 6) is -3.80. The molecule has 3 fully saturated rings. The molecule has 15 heteroatoms. The fourth-order valence-electron chi connectivity index (χ4n) is 8.10. The SMILES string of the molecule is C[C@]12C=CC(=O)C=C1CC[C@H]1[C@@H]3C[C@@H](O)[C@](O)(C(=O)COC(=O)CNC(=O)OCCCCCCON(O)O)[C@@]3(C)C[C@H](O)[C@@]12F. The number of esters is 1. The van der Waals surface area contributed by atoms with Crippen LogP contribution in [0.3, 0.4) is 0 Å². The van der Waals surface area contributed by atoms with Crippen LogP contribution in [-0.2, 0) is 28.7 Å². The fraction of sp³-hybridized carbons (Fsp3) is 0.733. The van der Waals surface area contributed by atoms with Crippen molar-refractivity contribution in [3.63, 3.8) is 0 Å². The van der Waals surface area contributed by atoms with Gasteiger partial charge >= 0.3 is 12.1 Å². The topological polar surface area (TPSA) is 212 Å². The highest BCUT2D eigenvalue weighted by atomic mass is 19.1. The summed E-state index contributed by atoms with van der Waals surface area (Å²) in [6.07, 6.45) is 2.62. The maximum Gasteiger partial charge on any atom is 0.407 e. The van der Waals surface area contributed by atoms with E-state index in [1.54, 1.807) is 6.92 Å². The number of allylic oxidation sites excluding steroid dienone is 4. The summed E-state index contributed by atoms with van der Waals surface area (Å²) < 4.78 is 27.1. The van der Waals surface area contributed by atoms with Gasteiger partial charge in [0.1, 0.15) is 6.54 Å². The third kappa shape index (κ3) is 6.31. The van der Waals surface area contributed by atoms with Gasteiger partial charge in [0.25, 0.3) is 0 Å². The van der Waals surface area contributed by atoms with Crippen molar-refractivity contribution in [3.8, 4) is 0 Å². The van der Waals surface area contributed by atoms with Crippen molar-refractivity contribution in [3.05, 3.63) is 23.8 Å². The minimum atomic E-state index is -2.44. The lowest BCUT2D eigenvalue weighted by molar-refractivity contribution is -0.492. The van der Waals surface area contributed by atoms with Crippen molar-refractivity contribution in [2.75, 3.05) is 26.4 Å². The fourth-order valence-corrected chi connectivity index (χ4v) is 8.10. The Hall–Kier alpha value is -2.79. The molecular weight excluding hydrogens is 599 g/mol. The first-order valence-corrected chi connectivity index (χ1v) is 15.2. The highest BCUT2D eigenvalue weighted by Gasteiger charge is 2.76. The highest BCUT2D eigenvalue weighted by molar-refractivity contribution is 6.01. The molecule has 0 spiro atoms. The zero-order chi connectivity index (χ0) is 33.2. The van der Waals surface area contributed by atoms with Crippen molar-refractivity contribution in [2.24, 2.45) is 22.7 Å². The number of hydrogen-bond donors (Lipinski definition) is 6. The molecule has 1 amide bonds. The van der Waals surface area contributed by atoms with E-state index in [1.165, 1.54) is 25.2 Å². The van der Waals surface area contributed by atoms with Crippen LogP contribution >= 0.6 is 0 Å². The van der Waals surface area contributed by atoms with Gasteiger partial charge in [0.2, 0.25) is 5.78 Å². The Labute approximate surface area is 259 Å². The van der Waals surface area contributed by atoms with Crippen LogP contribution < -0.4 is 5.32 Å². The second-order valence-corrected chi connectivity index (χ2v) is 12.9. The summed E-state index contributed by atoms with van der Waals surface area (Å²) in [4.78, 5) is 53.9. The monoisotopic (exact) mass is 642 g/mol. The minimum Gasteiger partial charge on any atom is -0.456 e. The number of unbranched alkanes of at least 4 members (excludes halogenated alkanes) is 3. The first-order chi connectivity index (χ1) is 21.1. The highest BCUT2D eigenvalue weighted by Crippen LogP contribution is 2.69. The van der Waals surface area contributed by atoms with Crippen LogP contribution in [0.2, 0.25) is 0 Å². The number of ether oxygens (including phenoxy) is 2. The third-order valence-electron chi connectivity index (χ3n) is 10.5. The summed E-state index contributed by atoms with van der Waals surface area (Å²) in [5.41, 5.74) is -6.80. The van der Waals surface area contributed by atoms with Gasteiger partial charge in [-0.05, 0) is 69.9 Å². The number of ketones is 2. The molecule has 4 aliphatic rings. The Morgan fingerprint density at radius 3 is 2.42 bits per heavy atom. The number of rotatable bonds is 13. The molecule has 252 valence electrons. The average Bonchev–Trinajstić information content (AvgIpc) is 3.18. The van der Waals surface area contributed by atoms with E-state index in [0.717, 1.165) is 0 Å². The van der Waals surface area contributed by atoms with Gasteiger partial charge in [0.15, 0.2) is 23.7 Å². The number of nitrogens with one attached hydrogen (secondary N) is 1. The maximum atomic E-state index is 17.2. The van der Waals surface area contributed by atoms with E-state index in [4.69, 9.17) is 19.9 Å². The molecule has 0 aromatic rings. The van der Waals surface area contributed by atoms with E-state index < -0.39 is 77.1 Å². The molecular formula is C30H43FN2O12. The molecule has 4 rings (SSSR count). The lowest BCUT2D eigenvalue weighted by Gasteiger charge is -2.62. The van der Waals surface area contributed by atoms with E-state index in [1.807, 2.05) is 0 Å². The van der Waals surface area contributed by atoms with Crippen LogP contribution in [0.1, 0.15) is 65.2 Å². The summed E-state index contributed by atoms with van der Waals surface area (Å²) in [7, 11) is 0. The summed E-state index contributed by atoms with van der Waals surface area (Å²) in [6.45, 7) is 1.80. The number of Topliss-reactive ketones (excluding diaryl/α,β-unsaturated/α-hetero) is 1. The van der Waals surface area contributed by atoms with Crippen LogP contribution in [0.4, 0.5) is 9.18 Å². The molecule has 6 N–H and O–H groups in total. The number of nitrogens with zero attached hydrogens (tertiary/aromatic N) is 1. The first kappa shape index (κ1) is 35.1. The predicted octanol–water partition coefficient (Wildman–Crippen LogP) is 1.47. The number of halogens is 1. The number of aliphatic hydroxyl groups excluding tert-OH is 2. The Balaban J connectivity index is 1.29. The van der Waals surface area contributed by atoms with E-state index in [0.29, 0.717) is 37.7 Å². The van der Waals surface area contributed by atoms with Gasteiger partial charge in [0.05, 0.1) is 30.8 Å². The zero-order valence-electron chi connectivity index (χ0n) is 25.4. The van der Waals surface area contributed by atoms with Crippen molar-refractivity contribution < 1.29 is 63.6 Å². The van der Waals surface area contributed by atoms with Gasteiger partial charge in [-0.3, -0.25) is 29.6 Å². The van der Waals surface area contributed by atoms with E-state index in [9.17, 15) is 34.5 Å². The molecule has 3 saturated carbocycles. The van der Waals surface area contributed by atoms with Crippen LogP contribution in [0.15, 0.2) is 23.8 Å². The number of alkyl carbamates (subject to hydrolysis) is 1. The Bertz CT molecular complexity index is 1230. The van der Waals surface area contributed by atoms with Crippen LogP contribution in [0.5, 0.6) is 0 Å². The lowest BCUT2D eigenvalue weighted by atomic mass is 9.44. The van der Waals surface area contributed by atoms with Gasteiger partial charge < -0.3 is 30.1 Å². The number of hydrogen-bond acceptors (Lipinski definition) is 13. The second-order valence-electron chi connectivity index (χ2n) is 12.9. The smallest absolute Gasteiger partial charge is 0.407 e. The molecule has 0 aromatic carbocycles. The van der Waals surface area contributed by atoms with Gasteiger partial charge in [-0.2, -0.15) is 0 Å². The van der Waals surface area contributed by atoms with Crippen molar-refractivity contribution >= 4 is 23.6 Å². The van der Waals surface area contributed by atoms with Crippen LogP contribution in [0, 0.1) is 22.7 Å². The Morgan fingerprint density at radius 2 is 1.73 bits per heavy atom. The van der Waals surface area contributed by atoms with Gasteiger partial charge in [-0.15, -0.1) is 0 Å². The molecule has 8 atom stereocenters. The largest absolute Gasteiger partial charge is 0.456 e. The second kappa shape index (κ2) is 13.5. The van der Waals surface area contributed by atoms with E-state index in [-0.39, 0.29) is 43.6 Å². The van der Waals surface area contributed by atoms with Crippen molar-refractivity contribution in [2.45, 2.75) is 88.7 Å². The number of amides is 1. The molecule has 0 heterocycles. The van der Waals surface area contributed by atoms with Crippen LogP contribution in [-0.4, -0.2) is 105 Å². The lowest BCUT2D eigenvalue weighted by Crippen LogP contribution is -2.69. The number of aliphatic hydroxyl groups is 3. The maximum absolute atomic E-state index is 17.2. The van der Waals surface area contributed by atoms with E-state index >= 15 is 4.39 Å². The Morgan fingerprint density at radius 1 is 1.04 bits per heavy atom. The Kier molecular flexibility index (Phi) is 10.5. The normalized spacial score (nSPS) is 36.9. The summed E-state index contributed by atoms with van der Waals surface area (Å²) in [6, 6.07) is 0. The van der Waals surface area contributed by atoms with Gasteiger partial charge in [0, 0.05) is 16.7 Å². The predicted molar refractivity (Wildman–Crippen MR) is 150 cm³/mol.